The lowest BCUT2D eigenvalue weighted by atomic mass is 9.99. The highest BCUT2D eigenvalue weighted by Crippen LogP contribution is 2.18. The second-order valence-electron chi connectivity index (χ2n) is 5.64. The van der Waals surface area contributed by atoms with E-state index in [0.29, 0.717) is 12.5 Å². The summed E-state index contributed by atoms with van der Waals surface area (Å²) in [7, 11) is 1.18. The number of carbonyl (C=O) groups excluding carboxylic acids is 2. The minimum Gasteiger partial charge on any atom is -0.465 e. The maximum Gasteiger partial charge on any atom is 0.338 e. The monoisotopic (exact) mass is 336 g/mol. The van der Waals surface area contributed by atoms with Gasteiger partial charge < -0.3 is 10.1 Å². The average Bonchev–Trinajstić information content (AvgIpc) is 2.60. The molecule has 0 aliphatic heterocycles. The molecule has 1 N–H and O–H groups in total. The Hall–Kier alpha value is -2.44. The van der Waals surface area contributed by atoms with Crippen LogP contribution >= 0.6 is 0 Å². The molecule has 1 aromatic carbocycles. The second-order valence-corrected chi connectivity index (χ2v) is 5.64. The third-order valence-electron chi connectivity index (χ3n) is 3.91. The molecule has 0 saturated heterocycles. The van der Waals surface area contributed by atoms with Crippen LogP contribution in [0.15, 0.2) is 18.2 Å². The maximum atomic E-state index is 12.3. The van der Waals surface area contributed by atoms with Crippen molar-refractivity contribution in [1.82, 2.24) is 5.32 Å². The van der Waals surface area contributed by atoms with Gasteiger partial charge in [0.05, 0.1) is 17.6 Å². The van der Waals surface area contributed by atoms with Crippen molar-refractivity contribution in [2.75, 3.05) is 13.7 Å². The molecule has 7 heteroatoms. The molecule has 0 bridgehead atoms. The van der Waals surface area contributed by atoms with Crippen molar-refractivity contribution in [3.05, 3.63) is 39.4 Å². The summed E-state index contributed by atoms with van der Waals surface area (Å²) in [6, 6.07) is 3.56. The summed E-state index contributed by atoms with van der Waals surface area (Å²) in [5.41, 5.74) is -0.258. The predicted molar refractivity (Wildman–Crippen MR) is 90.1 cm³/mol. The molecule has 1 atom stereocenters. The highest BCUT2D eigenvalue weighted by Gasteiger charge is 2.18. The summed E-state index contributed by atoms with van der Waals surface area (Å²) >= 11 is 0. The van der Waals surface area contributed by atoms with E-state index in [1.54, 1.807) is 0 Å². The zero-order valence-electron chi connectivity index (χ0n) is 14.3. The van der Waals surface area contributed by atoms with E-state index < -0.39 is 16.8 Å². The normalized spacial score (nSPS) is 11.6. The van der Waals surface area contributed by atoms with Crippen LogP contribution in [0.3, 0.4) is 0 Å². The Morgan fingerprint density at radius 1 is 1.25 bits per heavy atom. The number of nitro groups is 1. The Kier molecular flexibility index (Phi) is 7.88. The Balaban J connectivity index is 2.90. The van der Waals surface area contributed by atoms with E-state index in [2.05, 4.69) is 23.9 Å². The molecule has 0 aliphatic rings. The van der Waals surface area contributed by atoms with Gasteiger partial charge in [0.15, 0.2) is 0 Å². The zero-order valence-corrected chi connectivity index (χ0v) is 14.3. The number of rotatable bonds is 9. The van der Waals surface area contributed by atoms with Crippen LogP contribution in [0, 0.1) is 16.0 Å². The van der Waals surface area contributed by atoms with Crippen LogP contribution < -0.4 is 5.32 Å². The van der Waals surface area contributed by atoms with E-state index in [-0.39, 0.29) is 16.8 Å². The van der Waals surface area contributed by atoms with Gasteiger partial charge in [-0.05, 0) is 18.4 Å². The summed E-state index contributed by atoms with van der Waals surface area (Å²) in [4.78, 5) is 34.3. The number of esters is 1. The van der Waals surface area contributed by atoms with Gasteiger partial charge in [-0.25, -0.2) is 4.79 Å². The number of non-ortho nitro benzene ring substituents is 1. The van der Waals surface area contributed by atoms with Crippen LogP contribution in [-0.4, -0.2) is 30.5 Å². The predicted octanol–water partition coefficient (Wildman–Crippen LogP) is 3.33. The van der Waals surface area contributed by atoms with Gasteiger partial charge in [0.1, 0.15) is 0 Å². The summed E-state index contributed by atoms with van der Waals surface area (Å²) in [6.45, 7) is 4.68. The number of ether oxygens (including phenoxy) is 1. The standard InChI is InChI=1S/C17H24N2O5/c1-4-6-7-12(5-2)11-18-16(20)13-8-14(17(21)24-3)10-15(9-13)19(22)23/h8-10,12H,4-7,11H2,1-3H3,(H,18,20). The van der Waals surface area contributed by atoms with Crippen molar-refractivity contribution in [3.63, 3.8) is 0 Å². The first-order valence-corrected chi connectivity index (χ1v) is 8.08. The number of nitro benzene ring substituents is 1. The lowest BCUT2D eigenvalue weighted by Gasteiger charge is -2.15. The number of carbonyl (C=O) groups is 2. The van der Waals surface area contributed by atoms with Crippen LogP contribution in [-0.2, 0) is 4.74 Å². The Labute approximate surface area is 141 Å². The Morgan fingerprint density at radius 3 is 2.46 bits per heavy atom. The van der Waals surface area contributed by atoms with Gasteiger partial charge in [-0.2, -0.15) is 0 Å². The number of amides is 1. The Bertz CT molecular complexity index is 601. The molecule has 1 amide bonds. The van der Waals surface area contributed by atoms with Gasteiger partial charge in [-0.3, -0.25) is 14.9 Å². The first-order chi connectivity index (χ1) is 11.4. The first-order valence-electron chi connectivity index (χ1n) is 8.08. The van der Waals surface area contributed by atoms with E-state index >= 15 is 0 Å². The fourth-order valence-corrected chi connectivity index (χ4v) is 2.37. The number of methoxy groups -OCH3 is 1. The minimum absolute atomic E-state index is 0.0186. The molecule has 0 radical (unpaired) electrons. The van der Waals surface area contributed by atoms with Crippen LogP contribution in [0.25, 0.3) is 0 Å². The number of benzene rings is 1. The first kappa shape index (κ1) is 19.6. The van der Waals surface area contributed by atoms with E-state index in [0.717, 1.165) is 37.8 Å². The number of nitrogens with zero attached hydrogens (tertiary/aromatic N) is 1. The third-order valence-corrected chi connectivity index (χ3v) is 3.91. The van der Waals surface area contributed by atoms with Gasteiger partial charge in [-0.15, -0.1) is 0 Å². The molecule has 0 saturated carbocycles. The van der Waals surface area contributed by atoms with Crippen LogP contribution in [0.4, 0.5) is 5.69 Å². The zero-order chi connectivity index (χ0) is 18.1. The summed E-state index contributed by atoms with van der Waals surface area (Å²) < 4.78 is 4.57. The molecule has 1 rings (SSSR count). The van der Waals surface area contributed by atoms with Crippen molar-refractivity contribution in [3.8, 4) is 0 Å². The number of hydrogen-bond acceptors (Lipinski definition) is 5. The molecule has 7 nitrogen and oxygen atoms in total. The molecule has 1 aromatic rings. The molecule has 0 heterocycles. The third kappa shape index (κ3) is 5.64. The van der Waals surface area contributed by atoms with Crippen molar-refractivity contribution in [2.45, 2.75) is 39.5 Å². The van der Waals surface area contributed by atoms with Gasteiger partial charge in [0, 0.05) is 24.2 Å². The number of nitrogens with one attached hydrogen (secondary N) is 1. The second kappa shape index (κ2) is 9.64. The van der Waals surface area contributed by atoms with Gasteiger partial charge in [0.2, 0.25) is 0 Å². The van der Waals surface area contributed by atoms with Gasteiger partial charge in [0.25, 0.3) is 11.6 Å². The van der Waals surface area contributed by atoms with E-state index in [4.69, 9.17) is 0 Å². The molecular formula is C17H24N2O5. The molecular weight excluding hydrogens is 312 g/mol. The molecule has 24 heavy (non-hydrogen) atoms. The van der Waals surface area contributed by atoms with Crippen molar-refractivity contribution in [1.29, 1.82) is 0 Å². The summed E-state index contributed by atoms with van der Waals surface area (Å²) in [6.07, 6.45) is 4.16. The summed E-state index contributed by atoms with van der Waals surface area (Å²) in [5.74, 6) is -0.784. The van der Waals surface area contributed by atoms with Gasteiger partial charge in [-0.1, -0.05) is 33.1 Å². The fraction of sp³-hybridized carbons (Fsp3) is 0.529. The smallest absolute Gasteiger partial charge is 0.338 e. The molecule has 132 valence electrons. The maximum absolute atomic E-state index is 12.3. The van der Waals surface area contributed by atoms with E-state index in [1.807, 2.05) is 0 Å². The van der Waals surface area contributed by atoms with E-state index in [1.165, 1.54) is 13.2 Å². The average molecular weight is 336 g/mol. The lowest BCUT2D eigenvalue weighted by Crippen LogP contribution is -2.29. The fourth-order valence-electron chi connectivity index (χ4n) is 2.37. The highest BCUT2D eigenvalue weighted by atomic mass is 16.6. The van der Waals surface area contributed by atoms with Crippen LogP contribution in [0.5, 0.6) is 0 Å². The SMILES string of the molecule is CCCCC(CC)CNC(=O)c1cc(C(=O)OC)cc([N+](=O)[O-])c1. The topological polar surface area (TPSA) is 98.5 Å². The molecule has 0 fully saturated rings. The number of unbranched alkanes of at least 4 members (excludes halogenated alkanes) is 1. The summed E-state index contributed by atoms with van der Waals surface area (Å²) in [5, 5.41) is 13.8. The molecule has 0 aliphatic carbocycles. The van der Waals surface area contributed by atoms with Crippen LogP contribution in [0.2, 0.25) is 0 Å². The quantitative estimate of drug-likeness (QED) is 0.424. The van der Waals surface area contributed by atoms with Crippen LogP contribution in [0.1, 0.15) is 60.2 Å². The van der Waals surface area contributed by atoms with Crippen molar-refractivity contribution >= 4 is 17.6 Å². The molecule has 1 unspecified atom stereocenters. The Morgan fingerprint density at radius 2 is 1.92 bits per heavy atom. The van der Waals surface area contributed by atoms with Gasteiger partial charge >= 0.3 is 5.97 Å². The number of hydrogen-bond donors (Lipinski definition) is 1. The van der Waals surface area contributed by atoms with Crippen molar-refractivity contribution in [2.24, 2.45) is 5.92 Å². The van der Waals surface area contributed by atoms with E-state index in [9.17, 15) is 19.7 Å². The minimum atomic E-state index is -0.720. The van der Waals surface area contributed by atoms with Crippen molar-refractivity contribution < 1.29 is 19.2 Å². The lowest BCUT2D eigenvalue weighted by molar-refractivity contribution is -0.384. The highest BCUT2D eigenvalue weighted by molar-refractivity contribution is 5.98. The largest absolute Gasteiger partial charge is 0.465 e. The molecule has 0 aromatic heterocycles. The molecule has 0 spiro atoms.